The van der Waals surface area contributed by atoms with Crippen molar-refractivity contribution < 1.29 is 14.3 Å². The second-order valence-electron chi connectivity index (χ2n) is 6.75. The molecule has 2 aromatic rings. The number of amides is 2. The van der Waals surface area contributed by atoms with Crippen LogP contribution in [0.4, 0.5) is 4.79 Å². The lowest BCUT2D eigenvalue weighted by Gasteiger charge is -2.36. The van der Waals surface area contributed by atoms with Gasteiger partial charge in [0, 0.05) is 57.6 Å². The molecule has 140 valence electrons. The summed E-state index contributed by atoms with van der Waals surface area (Å²) in [4.78, 5) is 18.0. The number of urea groups is 1. The molecule has 0 N–H and O–H groups in total. The minimum atomic E-state index is 0.0845. The fraction of sp³-hybridized carbons (Fsp3) is 0.450. The zero-order valence-electron chi connectivity index (χ0n) is 16.0. The molecule has 0 saturated carbocycles. The van der Waals surface area contributed by atoms with E-state index in [2.05, 4.69) is 17.0 Å². The number of ether oxygens (including phenoxy) is 2. The summed E-state index contributed by atoms with van der Waals surface area (Å²) in [6.45, 7) is 4.06. The maximum absolute atomic E-state index is 12.1. The molecule has 1 heterocycles. The predicted molar refractivity (Wildman–Crippen MR) is 103 cm³/mol. The summed E-state index contributed by atoms with van der Waals surface area (Å²) >= 11 is 0. The van der Waals surface area contributed by atoms with E-state index in [1.54, 1.807) is 33.2 Å². The Hall–Kier alpha value is -2.47. The van der Waals surface area contributed by atoms with Gasteiger partial charge in [-0.1, -0.05) is 18.2 Å². The maximum Gasteiger partial charge on any atom is 0.319 e. The van der Waals surface area contributed by atoms with Gasteiger partial charge in [0.15, 0.2) is 0 Å². The van der Waals surface area contributed by atoms with Crippen LogP contribution in [0.15, 0.2) is 30.3 Å². The van der Waals surface area contributed by atoms with Crippen molar-refractivity contribution in [2.75, 3.05) is 54.5 Å². The van der Waals surface area contributed by atoms with Gasteiger partial charge in [-0.15, -0.1) is 0 Å². The largest absolute Gasteiger partial charge is 0.496 e. The number of methoxy groups -OCH3 is 2. The highest BCUT2D eigenvalue weighted by Gasteiger charge is 2.23. The third kappa shape index (κ3) is 3.55. The number of hydrogen-bond donors (Lipinski definition) is 0. The minimum Gasteiger partial charge on any atom is -0.496 e. The molecule has 6 heteroatoms. The summed E-state index contributed by atoms with van der Waals surface area (Å²) in [5, 5.41) is 2.16. The molecule has 0 spiro atoms. The van der Waals surface area contributed by atoms with Crippen molar-refractivity contribution >= 4 is 16.8 Å². The average Bonchev–Trinajstić information content (AvgIpc) is 2.67. The standard InChI is InChI=1S/C20H27N3O3/c1-21(2)20(24)23-12-10-22(11-13-23)14-15-8-9-17(25-3)16-6-5-7-18(26-4)19(15)16/h5-9H,10-14H2,1-4H3. The molecule has 1 fully saturated rings. The van der Waals surface area contributed by atoms with Gasteiger partial charge < -0.3 is 19.3 Å². The monoisotopic (exact) mass is 357 g/mol. The molecule has 6 nitrogen and oxygen atoms in total. The molecule has 26 heavy (non-hydrogen) atoms. The third-order valence-electron chi connectivity index (χ3n) is 4.91. The highest BCUT2D eigenvalue weighted by molar-refractivity contribution is 5.95. The molecule has 0 bridgehead atoms. The zero-order valence-corrected chi connectivity index (χ0v) is 16.0. The first-order valence-corrected chi connectivity index (χ1v) is 8.86. The number of piperazine rings is 1. The van der Waals surface area contributed by atoms with Gasteiger partial charge in [-0.2, -0.15) is 0 Å². The lowest BCUT2D eigenvalue weighted by molar-refractivity contribution is 0.120. The predicted octanol–water partition coefficient (Wildman–Crippen LogP) is 2.66. The van der Waals surface area contributed by atoms with Crippen molar-refractivity contribution in [3.63, 3.8) is 0 Å². The SMILES string of the molecule is COc1ccc(CN2CCN(C(=O)N(C)C)CC2)c2c(OC)cccc12. The lowest BCUT2D eigenvalue weighted by atomic mass is 10.0. The van der Waals surface area contributed by atoms with Gasteiger partial charge >= 0.3 is 6.03 Å². The number of rotatable bonds is 4. The van der Waals surface area contributed by atoms with E-state index in [0.29, 0.717) is 0 Å². The first kappa shape index (κ1) is 18.3. The van der Waals surface area contributed by atoms with Crippen LogP contribution in [0.25, 0.3) is 10.8 Å². The fourth-order valence-corrected chi connectivity index (χ4v) is 3.52. The Morgan fingerprint density at radius 3 is 2.31 bits per heavy atom. The molecule has 0 radical (unpaired) electrons. The fourth-order valence-electron chi connectivity index (χ4n) is 3.52. The van der Waals surface area contributed by atoms with Crippen LogP contribution in [0.5, 0.6) is 11.5 Å². The Balaban J connectivity index is 1.81. The lowest BCUT2D eigenvalue weighted by Crippen LogP contribution is -2.51. The summed E-state index contributed by atoms with van der Waals surface area (Å²) in [7, 11) is 6.98. The number of benzene rings is 2. The molecule has 0 aromatic heterocycles. The van der Waals surface area contributed by atoms with Gasteiger partial charge in [-0.05, 0) is 17.7 Å². The van der Waals surface area contributed by atoms with Gasteiger partial charge in [-0.3, -0.25) is 4.90 Å². The van der Waals surface area contributed by atoms with E-state index < -0.39 is 0 Å². The van der Waals surface area contributed by atoms with Gasteiger partial charge in [0.1, 0.15) is 11.5 Å². The molecule has 0 aliphatic carbocycles. The summed E-state index contributed by atoms with van der Waals surface area (Å²) in [6, 6.07) is 10.2. The minimum absolute atomic E-state index is 0.0845. The van der Waals surface area contributed by atoms with E-state index >= 15 is 0 Å². The van der Waals surface area contributed by atoms with E-state index in [0.717, 1.165) is 55.0 Å². The Bertz CT molecular complexity index is 783. The van der Waals surface area contributed by atoms with Crippen molar-refractivity contribution in [3.05, 3.63) is 35.9 Å². The van der Waals surface area contributed by atoms with Gasteiger partial charge in [0.2, 0.25) is 0 Å². The second-order valence-corrected chi connectivity index (χ2v) is 6.75. The van der Waals surface area contributed by atoms with Crippen molar-refractivity contribution in [2.24, 2.45) is 0 Å². The van der Waals surface area contributed by atoms with Crippen LogP contribution in [0.3, 0.4) is 0 Å². The van der Waals surface area contributed by atoms with Crippen molar-refractivity contribution in [2.45, 2.75) is 6.54 Å². The molecule has 3 rings (SSSR count). The third-order valence-corrected chi connectivity index (χ3v) is 4.91. The first-order valence-electron chi connectivity index (χ1n) is 8.86. The van der Waals surface area contributed by atoms with E-state index in [4.69, 9.17) is 9.47 Å². The molecule has 1 aliphatic rings. The van der Waals surface area contributed by atoms with Crippen LogP contribution in [0.2, 0.25) is 0 Å². The summed E-state index contributed by atoms with van der Waals surface area (Å²) in [5.41, 5.74) is 1.21. The van der Waals surface area contributed by atoms with Crippen LogP contribution in [0.1, 0.15) is 5.56 Å². The summed E-state index contributed by atoms with van der Waals surface area (Å²) < 4.78 is 11.1. The zero-order chi connectivity index (χ0) is 18.7. The van der Waals surface area contributed by atoms with Crippen molar-refractivity contribution in [1.29, 1.82) is 0 Å². The Labute approximate surface area is 154 Å². The Morgan fingerprint density at radius 2 is 1.69 bits per heavy atom. The number of fused-ring (bicyclic) bond motifs is 1. The topological polar surface area (TPSA) is 45.2 Å². The Kier molecular flexibility index (Phi) is 5.52. The van der Waals surface area contributed by atoms with E-state index in [9.17, 15) is 4.79 Å². The second kappa shape index (κ2) is 7.83. The van der Waals surface area contributed by atoms with Crippen molar-refractivity contribution in [1.82, 2.24) is 14.7 Å². The van der Waals surface area contributed by atoms with Gasteiger partial charge in [0.25, 0.3) is 0 Å². The van der Waals surface area contributed by atoms with Crippen LogP contribution in [-0.4, -0.2) is 75.2 Å². The highest BCUT2D eigenvalue weighted by atomic mass is 16.5. The van der Waals surface area contributed by atoms with Crippen LogP contribution >= 0.6 is 0 Å². The average molecular weight is 357 g/mol. The molecule has 1 saturated heterocycles. The number of carbonyl (C=O) groups is 1. The van der Waals surface area contributed by atoms with E-state index in [1.807, 2.05) is 23.1 Å². The normalized spacial score (nSPS) is 15.2. The molecule has 0 atom stereocenters. The van der Waals surface area contributed by atoms with E-state index in [1.165, 1.54) is 5.56 Å². The van der Waals surface area contributed by atoms with Crippen molar-refractivity contribution in [3.8, 4) is 11.5 Å². The van der Waals surface area contributed by atoms with Gasteiger partial charge in [-0.25, -0.2) is 4.79 Å². The summed E-state index contributed by atoms with van der Waals surface area (Å²) in [6.07, 6.45) is 0. The molecule has 1 aliphatic heterocycles. The Morgan fingerprint density at radius 1 is 1.00 bits per heavy atom. The number of hydrogen-bond acceptors (Lipinski definition) is 4. The quantitative estimate of drug-likeness (QED) is 0.844. The smallest absolute Gasteiger partial charge is 0.319 e. The van der Waals surface area contributed by atoms with Crippen LogP contribution in [0, 0.1) is 0 Å². The van der Waals surface area contributed by atoms with E-state index in [-0.39, 0.29) is 6.03 Å². The number of carbonyl (C=O) groups excluding carboxylic acids is 1. The number of nitrogens with zero attached hydrogens (tertiary/aromatic N) is 3. The highest BCUT2D eigenvalue weighted by Crippen LogP contribution is 2.35. The van der Waals surface area contributed by atoms with Crippen LogP contribution < -0.4 is 9.47 Å². The molecular weight excluding hydrogens is 330 g/mol. The van der Waals surface area contributed by atoms with Gasteiger partial charge in [0.05, 0.1) is 14.2 Å². The molecule has 2 aromatic carbocycles. The summed E-state index contributed by atoms with van der Waals surface area (Å²) in [5.74, 6) is 1.71. The maximum atomic E-state index is 12.1. The molecule has 0 unspecified atom stereocenters. The first-order chi connectivity index (χ1) is 12.5. The molecule has 2 amide bonds. The van der Waals surface area contributed by atoms with Crippen LogP contribution in [-0.2, 0) is 6.54 Å². The molecular formula is C20H27N3O3.